The first kappa shape index (κ1) is 25.6. The average Bonchev–Trinajstić information content (AvgIpc) is 3.35. The third kappa shape index (κ3) is 5.77. The molecule has 0 unspecified atom stereocenters. The molecule has 5 rings (SSSR count). The minimum atomic E-state index is -1.08. The third-order valence-electron chi connectivity index (χ3n) is 6.83. The molecule has 0 radical (unpaired) electrons. The van der Waals surface area contributed by atoms with Gasteiger partial charge in [0, 0.05) is 44.5 Å². The van der Waals surface area contributed by atoms with Gasteiger partial charge in [-0.2, -0.15) is 5.10 Å². The first-order valence-electron chi connectivity index (χ1n) is 12.5. The quantitative estimate of drug-likeness (QED) is 0.535. The van der Waals surface area contributed by atoms with Crippen molar-refractivity contribution in [3.8, 4) is 17.6 Å². The Morgan fingerprint density at radius 3 is 2.71 bits per heavy atom. The van der Waals surface area contributed by atoms with Gasteiger partial charge in [-0.05, 0) is 41.5 Å². The van der Waals surface area contributed by atoms with Gasteiger partial charge < -0.3 is 19.5 Å². The number of halogens is 1. The van der Waals surface area contributed by atoms with Crippen LogP contribution >= 0.6 is 0 Å². The van der Waals surface area contributed by atoms with Crippen LogP contribution in [0.5, 0.6) is 5.75 Å². The molecule has 0 saturated carbocycles. The molecule has 3 heterocycles. The molecule has 196 valence electrons. The number of amides is 1. The summed E-state index contributed by atoms with van der Waals surface area (Å²) in [5.41, 5.74) is 1.82. The number of aromatic nitrogens is 2. The maximum Gasteiger partial charge on any atom is 0.247 e. The average molecular weight is 518 g/mol. The van der Waals surface area contributed by atoms with E-state index in [0.717, 1.165) is 11.1 Å². The number of carbonyl (C=O) groups excluding carboxylic acids is 2. The summed E-state index contributed by atoms with van der Waals surface area (Å²) in [4.78, 5) is 27.7. The monoisotopic (exact) mass is 517 g/mol. The predicted octanol–water partition coefficient (Wildman–Crippen LogP) is 3.21. The highest BCUT2D eigenvalue weighted by atomic mass is 19.1. The van der Waals surface area contributed by atoms with Crippen LogP contribution in [0.4, 0.5) is 10.1 Å². The van der Waals surface area contributed by atoms with Crippen molar-refractivity contribution in [1.82, 2.24) is 9.78 Å². The molecule has 1 fully saturated rings. The molecule has 38 heavy (non-hydrogen) atoms. The van der Waals surface area contributed by atoms with Gasteiger partial charge in [-0.25, -0.2) is 9.07 Å². The molecule has 2 aromatic carbocycles. The summed E-state index contributed by atoms with van der Waals surface area (Å²) < 4.78 is 25.6. The number of benzene rings is 2. The first-order chi connectivity index (χ1) is 18.3. The zero-order chi connectivity index (χ0) is 26.7. The number of rotatable bonds is 4. The molecule has 3 aromatic rings. The molecule has 0 spiro atoms. The van der Waals surface area contributed by atoms with Crippen molar-refractivity contribution >= 4 is 17.5 Å². The van der Waals surface area contributed by atoms with Gasteiger partial charge in [0.1, 0.15) is 23.8 Å². The molecule has 8 nitrogen and oxygen atoms in total. The highest BCUT2D eigenvalue weighted by Crippen LogP contribution is 2.33. The van der Waals surface area contributed by atoms with Crippen molar-refractivity contribution in [3.63, 3.8) is 0 Å². The molecule has 0 aliphatic carbocycles. The van der Waals surface area contributed by atoms with Gasteiger partial charge in [0.15, 0.2) is 0 Å². The van der Waals surface area contributed by atoms with Crippen molar-refractivity contribution in [2.45, 2.75) is 31.3 Å². The van der Waals surface area contributed by atoms with Gasteiger partial charge in [0.2, 0.25) is 11.8 Å². The van der Waals surface area contributed by atoms with Crippen LogP contribution in [0.2, 0.25) is 0 Å². The van der Waals surface area contributed by atoms with Crippen LogP contribution in [0.3, 0.4) is 0 Å². The van der Waals surface area contributed by atoms with Crippen LogP contribution in [0.25, 0.3) is 0 Å². The Balaban J connectivity index is 1.25. The number of carbonyl (C=O) groups is 2. The molecule has 2 aliphatic rings. The summed E-state index contributed by atoms with van der Waals surface area (Å²) in [6, 6.07) is 11.4. The smallest absolute Gasteiger partial charge is 0.247 e. The van der Waals surface area contributed by atoms with Crippen LogP contribution in [0, 0.1) is 23.6 Å². The number of anilines is 1. The lowest BCUT2D eigenvalue weighted by molar-refractivity contribution is -0.122. The zero-order valence-corrected chi connectivity index (χ0v) is 21.0. The molecule has 2 aliphatic heterocycles. The number of hydrogen-bond acceptors (Lipinski definition) is 6. The van der Waals surface area contributed by atoms with Gasteiger partial charge in [-0.3, -0.25) is 9.59 Å². The van der Waals surface area contributed by atoms with E-state index in [1.54, 1.807) is 49.8 Å². The van der Waals surface area contributed by atoms with Crippen molar-refractivity contribution in [3.05, 3.63) is 77.4 Å². The second-order valence-electron chi connectivity index (χ2n) is 9.68. The Morgan fingerprint density at radius 1 is 1.18 bits per heavy atom. The molecular weight excluding hydrogens is 489 g/mol. The SMILES string of the molecule is CN1C(=O)[C@@H](CC(=O)n2cc(Cc3ccc(F)cc3)cn2)COc2ccc(C#CC3(O)CCOCC3)cc21. The molecule has 1 atom stereocenters. The van der Waals surface area contributed by atoms with Gasteiger partial charge >= 0.3 is 0 Å². The van der Waals surface area contributed by atoms with Crippen LogP contribution in [0.1, 0.15) is 40.7 Å². The highest BCUT2D eigenvalue weighted by molar-refractivity contribution is 5.99. The molecule has 1 aromatic heterocycles. The van der Waals surface area contributed by atoms with E-state index in [4.69, 9.17) is 9.47 Å². The molecule has 1 N–H and O–H groups in total. The van der Waals surface area contributed by atoms with Crippen molar-refractivity contribution in [2.24, 2.45) is 5.92 Å². The first-order valence-corrected chi connectivity index (χ1v) is 12.5. The minimum Gasteiger partial charge on any atom is -0.491 e. The van der Waals surface area contributed by atoms with E-state index in [1.807, 2.05) is 0 Å². The Labute approximate surface area is 220 Å². The lowest BCUT2D eigenvalue weighted by atomic mass is 9.95. The number of aliphatic hydroxyl groups is 1. The van der Waals surface area contributed by atoms with E-state index >= 15 is 0 Å². The predicted molar refractivity (Wildman–Crippen MR) is 137 cm³/mol. The van der Waals surface area contributed by atoms with Gasteiger partial charge in [-0.1, -0.05) is 24.0 Å². The largest absolute Gasteiger partial charge is 0.491 e. The van der Waals surface area contributed by atoms with Crippen molar-refractivity contribution in [2.75, 3.05) is 31.8 Å². The lowest BCUT2D eigenvalue weighted by Gasteiger charge is -2.26. The van der Waals surface area contributed by atoms with E-state index in [0.29, 0.717) is 49.5 Å². The van der Waals surface area contributed by atoms with Crippen LogP contribution in [-0.4, -0.2) is 59.2 Å². The number of fused-ring (bicyclic) bond motifs is 1. The maximum absolute atomic E-state index is 13.3. The van der Waals surface area contributed by atoms with Crippen LogP contribution < -0.4 is 9.64 Å². The normalized spacial score (nSPS) is 18.6. The lowest BCUT2D eigenvalue weighted by Crippen LogP contribution is -2.35. The minimum absolute atomic E-state index is 0.0520. The van der Waals surface area contributed by atoms with Crippen molar-refractivity contribution in [1.29, 1.82) is 0 Å². The molecule has 0 bridgehead atoms. The van der Waals surface area contributed by atoms with Crippen LogP contribution in [-0.2, 0) is 16.0 Å². The standard InChI is InChI=1S/C29H28FN3O5/c1-32-25-15-21(8-9-29(36)10-12-37-13-11-29)4-7-26(25)38-19-23(28(32)35)16-27(34)33-18-22(17-31-33)14-20-2-5-24(30)6-3-20/h2-7,15,17-18,23,36H,10-14,16,19H2,1H3/t23-/m0/s1. The Bertz CT molecular complexity index is 1400. The van der Waals surface area contributed by atoms with Crippen molar-refractivity contribution < 1.29 is 28.6 Å². The summed E-state index contributed by atoms with van der Waals surface area (Å²) in [5, 5.41) is 14.8. The fraction of sp³-hybridized carbons (Fsp3) is 0.345. The Morgan fingerprint density at radius 2 is 1.95 bits per heavy atom. The Hall–Kier alpha value is -4.00. The highest BCUT2D eigenvalue weighted by Gasteiger charge is 2.32. The number of nitrogens with zero attached hydrogens (tertiary/aromatic N) is 3. The summed E-state index contributed by atoms with van der Waals surface area (Å²) in [6.45, 7) is 0.986. The van der Waals surface area contributed by atoms with Gasteiger partial charge in [0.25, 0.3) is 0 Å². The van der Waals surface area contributed by atoms with E-state index in [2.05, 4.69) is 16.9 Å². The van der Waals surface area contributed by atoms with Crippen LogP contribution in [0.15, 0.2) is 54.9 Å². The molecule has 9 heteroatoms. The summed E-state index contributed by atoms with van der Waals surface area (Å²) in [7, 11) is 1.64. The number of hydrogen-bond donors (Lipinski definition) is 1. The van der Waals surface area contributed by atoms with E-state index in [-0.39, 0.29) is 30.7 Å². The number of ether oxygens (including phenoxy) is 2. The fourth-order valence-electron chi connectivity index (χ4n) is 4.53. The zero-order valence-electron chi connectivity index (χ0n) is 21.0. The molecular formula is C29H28FN3O5. The molecule has 1 saturated heterocycles. The maximum atomic E-state index is 13.3. The van der Waals surface area contributed by atoms with E-state index in [9.17, 15) is 19.1 Å². The topological polar surface area (TPSA) is 93.9 Å². The van der Waals surface area contributed by atoms with E-state index < -0.39 is 11.5 Å². The molecule has 1 amide bonds. The second kappa shape index (κ2) is 10.8. The second-order valence-corrected chi connectivity index (χ2v) is 9.68. The van der Waals surface area contributed by atoms with Gasteiger partial charge in [0.05, 0.1) is 31.0 Å². The summed E-state index contributed by atoms with van der Waals surface area (Å²) in [6.07, 6.45) is 4.56. The van der Waals surface area contributed by atoms with Gasteiger partial charge in [-0.15, -0.1) is 0 Å². The summed E-state index contributed by atoms with van der Waals surface area (Å²) >= 11 is 0. The Kier molecular flexibility index (Phi) is 7.27. The third-order valence-corrected chi connectivity index (χ3v) is 6.83. The van der Waals surface area contributed by atoms with E-state index in [1.165, 1.54) is 21.7 Å². The fourth-order valence-corrected chi connectivity index (χ4v) is 4.53. The summed E-state index contributed by atoms with van der Waals surface area (Å²) in [5.74, 6) is 4.91.